The molecule has 3 nitrogen and oxygen atoms in total. The quantitative estimate of drug-likeness (QED) is 0.906. The maximum Gasteiger partial charge on any atom is 0.133 e. The van der Waals surface area contributed by atoms with Gasteiger partial charge in [-0.2, -0.15) is 5.26 Å². The lowest BCUT2D eigenvalue weighted by atomic mass is 10.1. The van der Waals surface area contributed by atoms with Gasteiger partial charge < -0.3 is 4.74 Å². The molecule has 1 N–H and O–H groups in total. The van der Waals surface area contributed by atoms with E-state index >= 15 is 0 Å². The summed E-state index contributed by atoms with van der Waals surface area (Å²) < 4.78 is 6.04. The minimum atomic E-state index is -0.350. The van der Waals surface area contributed by atoms with E-state index in [1.54, 1.807) is 7.11 Å². The van der Waals surface area contributed by atoms with Gasteiger partial charge in [0.15, 0.2) is 0 Å². The van der Waals surface area contributed by atoms with Gasteiger partial charge in [-0.05, 0) is 39.2 Å². The van der Waals surface area contributed by atoms with E-state index in [4.69, 9.17) is 4.74 Å². The smallest absolute Gasteiger partial charge is 0.133 e. The number of halogens is 1. The van der Waals surface area contributed by atoms with Crippen LogP contribution in [0.4, 0.5) is 0 Å². The summed E-state index contributed by atoms with van der Waals surface area (Å²) in [5, 5.41) is 12.6. The van der Waals surface area contributed by atoms with Crippen molar-refractivity contribution in [2.75, 3.05) is 7.11 Å². The van der Waals surface area contributed by atoms with Crippen molar-refractivity contribution >= 4 is 15.9 Å². The van der Waals surface area contributed by atoms with Crippen molar-refractivity contribution in [1.82, 2.24) is 5.32 Å². The third-order valence-electron chi connectivity index (χ3n) is 2.99. The average Bonchev–Trinajstić information content (AvgIpc) is 2.49. The Morgan fingerprint density at radius 2 is 2.00 bits per heavy atom. The molecule has 0 bridgehead atoms. The molecule has 0 radical (unpaired) electrons. The molecule has 0 heterocycles. The standard InChI is InChI=1S/C16H15BrN2O/c1-20-16-8-7-13(9-14(16)17)15(10-18)19-11-12-5-3-2-4-6-12/h2-9,15,19H,11H2,1H3. The second kappa shape index (κ2) is 7.09. The van der Waals surface area contributed by atoms with E-state index in [0.29, 0.717) is 6.54 Å². The van der Waals surface area contributed by atoms with Crippen LogP contribution in [0.25, 0.3) is 0 Å². The van der Waals surface area contributed by atoms with Crippen LogP contribution in [0.1, 0.15) is 17.2 Å². The molecule has 2 aromatic carbocycles. The van der Waals surface area contributed by atoms with Crippen LogP contribution in [-0.4, -0.2) is 7.11 Å². The fraction of sp³-hybridized carbons (Fsp3) is 0.188. The van der Waals surface area contributed by atoms with E-state index in [1.807, 2.05) is 48.5 Å². The molecule has 4 heteroatoms. The van der Waals surface area contributed by atoms with Gasteiger partial charge in [0, 0.05) is 6.54 Å². The van der Waals surface area contributed by atoms with Crippen LogP contribution in [0, 0.1) is 11.3 Å². The molecule has 20 heavy (non-hydrogen) atoms. The van der Waals surface area contributed by atoms with Crippen molar-refractivity contribution < 1.29 is 4.74 Å². The Morgan fingerprint density at radius 3 is 2.60 bits per heavy atom. The summed E-state index contributed by atoms with van der Waals surface area (Å²) in [6, 6.07) is 17.6. The number of rotatable bonds is 5. The van der Waals surface area contributed by atoms with E-state index in [-0.39, 0.29) is 6.04 Å². The fourth-order valence-electron chi connectivity index (χ4n) is 1.92. The summed E-state index contributed by atoms with van der Waals surface area (Å²) in [5.74, 6) is 0.758. The Labute approximate surface area is 127 Å². The second-order valence-electron chi connectivity index (χ2n) is 4.32. The molecule has 0 aromatic heterocycles. The first-order valence-corrected chi connectivity index (χ1v) is 7.04. The first kappa shape index (κ1) is 14.6. The number of hydrogen-bond acceptors (Lipinski definition) is 3. The zero-order valence-corrected chi connectivity index (χ0v) is 12.7. The van der Waals surface area contributed by atoms with Gasteiger partial charge in [0.1, 0.15) is 11.8 Å². The molecular formula is C16H15BrN2O. The first-order chi connectivity index (χ1) is 9.74. The van der Waals surface area contributed by atoms with Crippen LogP contribution >= 0.6 is 15.9 Å². The third kappa shape index (κ3) is 3.60. The van der Waals surface area contributed by atoms with E-state index in [9.17, 15) is 5.26 Å². The van der Waals surface area contributed by atoms with Crippen molar-refractivity contribution in [3.8, 4) is 11.8 Å². The number of nitriles is 1. The number of ether oxygens (including phenoxy) is 1. The van der Waals surface area contributed by atoms with Gasteiger partial charge in [0.25, 0.3) is 0 Å². The van der Waals surface area contributed by atoms with Crippen molar-refractivity contribution in [3.63, 3.8) is 0 Å². The Bertz CT molecular complexity index is 608. The van der Waals surface area contributed by atoms with Gasteiger partial charge in [-0.1, -0.05) is 36.4 Å². The Hall–Kier alpha value is -1.83. The van der Waals surface area contributed by atoms with Crippen LogP contribution in [0.3, 0.4) is 0 Å². The van der Waals surface area contributed by atoms with Crippen molar-refractivity contribution in [2.24, 2.45) is 0 Å². The molecule has 1 unspecified atom stereocenters. The van der Waals surface area contributed by atoms with E-state index in [2.05, 4.69) is 27.3 Å². The van der Waals surface area contributed by atoms with Gasteiger partial charge in [-0.3, -0.25) is 5.32 Å². The molecule has 0 fully saturated rings. The Morgan fingerprint density at radius 1 is 1.25 bits per heavy atom. The lowest BCUT2D eigenvalue weighted by molar-refractivity contribution is 0.412. The normalized spacial score (nSPS) is 11.7. The zero-order valence-electron chi connectivity index (χ0n) is 11.1. The molecule has 2 aromatic rings. The molecule has 0 saturated carbocycles. The summed E-state index contributed by atoms with van der Waals surface area (Å²) in [4.78, 5) is 0. The number of hydrogen-bond donors (Lipinski definition) is 1. The molecule has 0 amide bonds. The molecule has 102 valence electrons. The first-order valence-electron chi connectivity index (χ1n) is 6.25. The predicted molar refractivity (Wildman–Crippen MR) is 82.3 cm³/mol. The predicted octanol–water partition coefficient (Wildman–Crippen LogP) is 3.81. The largest absolute Gasteiger partial charge is 0.496 e. The van der Waals surface area contributed by atoms with Crippen LogP contribution in [0.15, 0.2) is 53.0 Å². The third-order valence-corrected chi connectivity index (χ3v) is 3.61. The number of nitrogens with zero attached hydrogens (tertiary/aromatic N) is 1. The average molecular weight is 331 g/mol. The highest BCUT2D eigenvalue weighted by atomic mass is 79.9. The lowest BCUT2D eigenvalue weighted by Crippen LogP contribution is -2.19. The van der Waals surface area contributed by atoms with Crippen LogP contribution in [-0.2, 0) is 6.54 Å². The van der Waals surface area contributed by atoms with Crippen molar-refractivity contribution in [3.05, 3.63) is 64.1 Å². The van der Waals surface area contributed by atoms with Crippen LogP contribution in [0.2, 0.25) is 0 Å². The highest BCUT2D eigenvalue weighted by Gasteiger charge is 2.11. The van der Waals surface area contributed by atoms with Crippen LogP contribution < -0.4 is 10.1 Å². The maximum absolute atomic E-state index is 9.32. The van der Waals surface area contributed by atoms with Crippen molar-refractivity contribution in [1.29, 1.82) is 5.26 Å². The lowest BCUT2D eigenvalue weighted by Gasteiger charge is -2.13. The zero-order chi connectivity index (χ0) is 14.4. The minimum absolute atomic E-state index is 0.350. The Balaban J connectivity index is 2.09. The number of nitrogens with one attached hydrogen (secondary N) is 1. The molecule has 0 aliphatic heterocycles. The fourth-order valence-corrected chi connectivity index (χ4v) is 2.47. The van der Waals surface area contributed by atoms with Gasteiger partial charge in [-0.25, -0.2) is 0 Å². The maximum atomic E-state index is 9.32. The molecule has 2 rings (SSSR count). The summed E-state index contributed by atoms with van der Waals surface area (Å²) in [7, 11) is 1.62. The molecule has 0 spiro atoms. The molecule has 0 saturated heterocycles. The van der Waals surface area contributed by atoms with Crippen LogP contribution in [0.5, 0.6) is 5.75 Å². The van der Waals surface area contributed by atoms with Gasteiger partial charge in [-0.15, -0.1) is 0 Å². The van der Waals surface area contributed by atoms with Gasteiger partial charge in [0.2, 0.25) is 0 Å². The van der Waals surface area contributed by atoms with E-state index < -0.39 is 0 Å². The highest BCUT2D eigenvalue weighted by molar-refractivity contribution is 9.10. The summed E-state index contributed by atoms with van der Waals surface area (Å²) in [6.45, 7) is 0.655. The van der Waals surface area contributed by atoms with Gasteiger partial charge >= 0.3 is 0 Å². The molecule has 1 atom stereocenters. The highest BCUT2D eigenvalue weighted by Crippen LogP contribution is 2.28. The summed E-state index contributed by atoms with van der Waals surface area (Å²) in [6.07, 6.45) is 0. The second-order valence-corrected chi connectivity index (χ2v) is 5.18. The molecule has 0 aliphatic carbocycles. The SMILES string of the molecule is COc1ccc(C(C#N)NCc2ccccc2)cc1Br. The Kier molecular flexibility index (Phi) is 5.16. The topological polar surface area (TPSA) is 45.0 Å². The minimum Gasteiger partial charge on any atom is -0.496 e. The van der Waals surface area contributed by atoms with E-state index in [0.717, 1.165) is 21.3 Å². The molecular weight excluding hydrogens is 316 g/mol. The van der Waals surface area contributed by atoms with Crippen molar-refractivity contribution in [2.45, 2.75) is 12.6 Å². The molecule has 0 aliphatic rings. The summed E-state index contributed by atoms with van der Waals surface area (Å²) >= 11 is 3.44. The van der Waals surface area contributed by atoms with Gasteiger partial charge in [0.05, 0.1) is 17.7 Å². The number of benzene rings is 2. The van der Waals surface area contributed by atoms with E-state index in [1.165, 1.54) is 0 Å². The number of methoxy groups -OCH3 is 1. The summed E-state index contributed by atoms with van der Waals surface area (Å²) in [5.41, 5.74) is 2.07. The monoisotopic (exact) mass is 330 g/mol.